The van der Waals surface area contributed by atoms with Gasteiger partial charge in [0.05, 0.1) is 16.6 Å². The van der Waals surface area contributed by atoms with E-state index in [1.165, 1.54) is 4.31 Å². The highest BCUT2D eigenvalue weighted by Gasteiger charge is 2.33. The first kappa shape index (κ1) is 24.1. The molecule has 178 valence electrons. The molecular weight excluding hydrogens is 446 g/mol. The van der Waals surface area contributed by atoms with Crippen LogP contribution in [0.2, 0.25) is 0 Å². The number of nitrogens with zero attached hydrogens (tertiary/aromatic N) is 2. The zero-order valence-corrected chi connectivity index (χ0v) is 20.7. The number of rotatable bonds is 6. The Labute approximate surface area is 202 Å². The molecule has 0 aliphatic carbocycles. The van der Waals surface area contributed by atoms with E-state index >= 15 is 0 Å². The Morgan fingerprint density at radius 1 is 0.941 bits per heavy atom. The second-order valence-electron chi connectivity index (χ2n) is 9.00. The van der Waals surface area contributed by atoms with Gasteiger partial charge in [-0.05, 0) is 68.5 Å². The third-order valence-electron chi connectivity index (χ3n) is 6.59. The maximum absolute atomic E-state index is 13.3. The molecule has 0 saturated carbocycles. The van der Waals surface area contributed by atoms with Crippen molar-refractivity contribution in [2.24, 2.45) is 5.92 Å². The normalized spacial score (nSPS) is 16.2. The fourth-order valence-corrected chi connectivity index (χ4v) is 5.95. The highest BCUT2D eigenvalue weighted by Crippen LogP contribution is 2.28. The highest BCUT2D eigenvalue weighted by atomic mass is 32.2. The summed E-state index contributed by atoms with van der Waals surface area (Å²) in [5, 5.41) is 3.22. The van der Waals surface area contributed by atoms with Crippen molar-refractivity contribution in [2.45, 2.75) is 44.6 Å². The van der Waals surface area contributed by atoms with Crippen LogP contribution in [-0.4, -0.2) is 36.7 Å². The van der Waals surface area contributed by atoms with Gasteiger partial charge in [0.2, 0.25) is 15.9 Å². The number of amides is 1. The molecule has 2 aromatic carbocycles. The smallest absolute Gasteiger partial charge is 0.243 e. The van der Waals surface area contributed by atoms with E-state index in [0.29, 0.717) is 30.8 Å². The SMILES string of the molecule is Cc1ccc(S(=O)(=O)N2CCC(C(=O)NC(c3ccccc3C)c3ncccc3C)CC2)cc1. The molecule has 1 amide bonds. The molecule has 7 heteroatoms. The first-order valence-electron chi connectivity index (χ1n) is 11.6. The first-order valence-corrected chi connectivity index (χ1v) is 13.1. The number of pyridine rings is 1. The maximum atomic E-state index is 13.3. The van der Waals surface area contributed by atoms with Crippen molar-refractivity contribution < 1.29 is 13.2 Å². The summed E-state index contributed by atoms with van der Waals surface area (Å²) in [7, 11) is -3.56. The molecule has 1 aliphatic heterocycles. The standard InChI is InChI=1S/C27H31N3O3S/c1-19-10-12-23(13-11-19)34(32,33)30-17-14-22(15-18-30)27(31)29-26(24-9-5-4-7-20(24)2)25-21(3)8-6-16-28-25/h4-13,16,22,26H,14-15,17-18H2,1-3H3,(H,29,31). The summed E-state index contributed by atoms with van der Waals surface area (Å²) in [5.74, 6) is -0.314. The number of hydrogen-bond donors (Lipinski definition) is 1. The van der Waals surface area contributed by atoms with Gasteiger partial charge in [0.1, 0.15) is 0 Å². The van der Waals surface area contributed by atoms with E-state index < -0.39 is 10.0 Å². The predicted octanol–water partition coefficient (Wildman–Crippen LogP) is 4.31. The summed E-state index contributed by atoms with van der Waals surface area (Å²) in [5.41, 5.74) is 4.94. The van der Waals surface area contributed by atoms with Crippen molar-refractivity contribution in [3.8, 4) is 0 Å². The van der Waals surface area contributed by atoms with Crippen LogP contribution in [0.3, 0.4) is 0 Å². The molecule has 1 N–H and O–H groups in total. The van der Waals surface area contributed by atoms with Crippen LogP contribution in [0.15, 0.2) is 71.8 Å². The van der Waals surface area contributed by atoms with Gasteiger partial charge in [-0.15, -0.1) is 0 Å². The predicted molar refractivity (Wildman–Crippen MR) is 133 cm³/mol. The number of hydrogen-bond acceptors (Lipinski definition) is 4. The third kappa shape index (κ3) is 5.05. The van der Waals surface area contributed by atoms with Crippen molar-refractivity contribution in [3.63, 3.8) is 0 Å². The third-order valence-corrected chi connectivity index (χ3v) is 8.51. The summed E-state index contributed by atoms with van der Waals surface area (Å²) >= 11 is 0. The molecule has 0 spiro atoms. The number of benzene rings is 2. The Morgan fingerprint density at radius 3 is 2.24 bits per heavy atom. The van der Waals surface area contributed by atoms with E-state index in [1.54, 1.807) is 30.5 Å². The van der Waals surface area contributed by atoms with E-state index in [9.17, 15) is 13.2 Å². The second-order valence-corrected chi connectivity index (χ2v) is 10.9. The largest absolute Gasteiger partial charge is 0.343 e. The fraction of sp³-hybridized carbons (Fsp3) is 0.333. The van der Waals surface area contributed by atoms with Crippen molar-refractivity contribution in [2.75, 3.05) is 13.1 Å². The van der Waals surface area contributed by atoms with Gasteiger partial charge < -0.3 is 5.32 Å². The van der Waals surface area contributed by atoms with E-state index in [0.717, 1.165) is 27.9 Å². The Hall–Kier alpha value is -3.03. The lowest BCUT2D eigenvalue weighted by Gasteiger charge is -2.32. The topological polar surface area (TPSA) is 79.4 Å². The van der Waals surface area contributed by atoms with Gasteiger partial charge in [-0.2, -0.15) is 4.31 Å². The summed E-state index contributed by atoms with van der Waals surface area (Å²) in [6.45, 7) is 6.60. The summed E-state index contributed by atoms with van der Waals surface area (Å²) in [4.78, 5) is 18.2. The number of aromatic nitrogens is 1. The lowest BCUT2D eigenvalue weighted by molar-refractivity contribution is -0.126. The number of aryl methyl sites for hydroxylation is 3. The molecule has 0 radical (unpaired) electrons. The lowest BCUT2D eigenvalue weighted by Crippen LogP contribution is -2.44. The van der Waals surface area contributed by atoms with Crippen LogP contribution in [0, 0.1) is 26.7 Å². The number of sulfonamides is 1. The summed E-state index contributed by atoms with van der Waals surface area (Å²) < 4.78 is 27.5. The molecular formula is C27H31N3O3S. The molecule has 34 heavy (non-hydrogen) atoms. The lowest BCUT2D eigenvalue weighted by atomic mass is 9.93. The van der Waals surface area contributed by atoms with Crippen LogP contribution in [0.1, 0.15) is 46.8 Å². The van der Waals surface area contributed by atoms with Crippen LogP contribution in [0.4, 0.5) is 0 Å². The molecule has 1 unspecified atom stereocenters. The van der Waals surface area contributed by atoms with Gasteiger partial charge >= 0.3 is 0 Å². The van der Waals surface area contributed by atoms with Crippen LogP contribution < -0.4 is 5.32 Å². The second kappa shape index (κ2) is 10.1. The van der Waals surface area contributed by atoms with Crippen molar-refractivity contribution in [1.82, 2.24) is 14.6 Å². The Bertz CT molecular complexity index is 1220. The maximum Gasteiger partial charge on any atom is 0.243 e. The van der Waals surface area contributed by atoms with Crippen LogP contribution in [-0.2, 0) is 14.8 Å². The minimum Gasteiger partial charge on any atom is -0.343 e. The molecule has 6 nitrogen and oxygen atoms in total. The number of carbonyl (C=O) groups excluding carboxylic acids is 1. The molecule has 1 aromatic heterocycles. The van der Waals surface area contributed by atoms with E-state index in [2.05, 4.69) is 10.3 Å². The molecule has 4 rings (SSSR count). The Balaban J connectivity index is 1.49. The number of carbonyl (C=O) groups is 1. The van der Waals surface area contributed by atoms with Crippen molar-refractivity contribution >= 4 is 15.9 Å². The molecule has 3 aromatic rings. The molecule has 1 fully saturated rings. The molecule has 1 aliphatic rings. The van der Waals surface area contributed by atoms with E-state index in [1.807, 2.05) is 57.2 Å². The zero-order chi connectivity index (χ0) is 24.3. The van der Waals surface area contributed by atoms with Gasteiger partial charge in [-0.1, -0.05) is 48.0 Å². The minimum atomic E-state index is -3.56. The van der Waals surface area contributed by atoms with Gasteiger partial charge in [0.25, 0.3) is 0 Å². The number of nitrogens with one attached hydrogen (secondary N) is 1. The monoisotopic (exact) mass is 477 g/mol. The minimum absolute atomic E-state index is 0.0642. The fourth-order valence-electron chi connectivity index (χ4n) is 4.48. The van der Waals surface area contributed by atoms with E-state index in [4.69, 9.17) is 0 Å². The van der Waals surface area contributed by atoms with Crippen molar-refractivity contribution in [1.29, 1.82) is 0 Å². The summed E-state index contributed by atoms with van der Waals surface area (Å²) in [6, 6.07) is 18.4. The van der Waals surface area contributed by atoms with Gasteiger partial charge in [-0.3, -0.25) is 9.78 Å². The number of piperidine rings is 1. The Morgan fingerprint density at radius 2 is 1.59 bits per heavy atom. The molecule has 1 atom stereocenters. The van der Waals surface area contributed by atoms with Crippen LogP contribution in [0.25, 0.3) is 0 Å². The van der Waals surface area contributed by atoms with Gasteiger partial charge in [-0.25, -0.2) is 8.42 Å². The van der Waals surface area contributed by atoms with Crippen LogP contribution in [0.5, 0.6) is 0 Å². The zero-order valence-electron chi connectivity index (χ0n) is 19.9. The highest BCUT2D eigenvalue weighted by molar-refractivity contribution is 7.89. The molecule has 1 saturated heterocycles. The molecule has 2 heterocycles. The molecule has 0 bridgehead atoms. The summed E-state index contributed by atoms with van der Waals surface area (Å²) in [6.07, 6.45) is 2.71. The first-order chi connectivity index (χ1) is 16.3. The van der Waals surface area contributed by atoms with Gasteiger partial charge in [0, 0.05) is 25.2 Å². The van der Waals surface area contributed by atoms with Crippen LogP contribution >= 0.6 is 0 Å². The average Bonchev–Trinajstić information content (AvgIpc) is 2.84. The average molecular weight is 478 g/mol. The Kier molecular flexibility index (Phi) is 7.14. The quantitative estimate of drug-likeness (QED) is 0.574. The van der Waals surface area contributed by atoms with E-state index in [-0.39, 0.29) is 17.9 Å². The van der Waals surface area contributed by atoms with Gasteiger partial charge in [0.15, 0.2) is 0 Å². The van der Waals surface area contributed by atoms with Crippen molar-refractivity contribution in [3.05, 3.63) is 94.8 Å².